The summed E-state index contributed by atoms with van der Waals surface area (Å²) in [6.07, 6.45) is 0. The zero-order valence-electron chi connectivity index (χ0n) is 9.58. The highest BCUT2D eigenvalue weighted by molar-refractivity contribution is 9.10. The van der Waals surface area contributed by atoms with Crippen LogP contribution in [0.2, 0.25) is 5.15 Å². The highest BCUT2D eigenvalue weighted by Crippen LogP contribution is 2.21. The van der Waals surface area contributed by atoms with Crippen LogP contribution in [0.3, 0.4) is 0 Å². The summed E-state index contributed by atoms with van der Waals surface area (Å²) in [6, 6.07) is 10.5. The lowest BCUT2D eigenvalue weighted by molar-refractivity contribution is 0.102. The SMILES string of the molecule is Cc1ccc(NC(=O)c2cccc(Cl)n2)cc1Br. The average molecular weight is 326 g/mol. The number of carbonyl (C=O) groups is 1. The average Bonchev–Trinajstić information content (AvgIpc) is 2.34. The standard InChI is InChI=1S/C13H10BrClN2O/c1-8-5-6-9(7-10(8)14)16-13(18)11-3-2-4-12(15)17-11/h2-7H,1H3,(H,16,18). The zero-order valence-corrected chi connectivity index (χ0v) is 11.9. The van der Waals surface area contributed by atoms with E-state index in [2.05, 4.69) is 26.2 Å². The van der Waals surface area contributed by atoms with Crippen LogP contribution in [0.1, 0.15) is 16.1 Å². The first kappa shape index (κ1) is 13.1. The first-order valence-electron chi connectivity index (χ1n) is 5.26. The second kappa shape index (κ2) is 5.50. The molecular formula is C13H10BrClN2O. The molecule has 0 spiro atoms. The molecule has 0 fully saturated rings. The summed E-state index contributed by atoms with van der Waals surface area (Å²) in [5.41, 5.74) is 2.10. The summed E-state index contributed by atoms with van der Waals surface area (Å²) in [4.78, 5) is 15.9. The number of carbonyl (C=O) groups excluding carboxylic acids is 1. The number of nitrogens with zero attached hydrogens (tertiary/aromatic N) is 1. The van der Waals surface area contributed by atoms with Gasteiger partial charge in [-0.05, 0) is 36.8 Å². The third kappa shape index (κ3) is 3.09. The molecular weight excluding hydrogens is 316 g/mol. The first-order valence-corrected chi connectivity index (χ1v) is 6.43. The summed E-state index contributed by atoms with van der Waals surface area (Å²) >= 11 is 9.16. The summed E-state index contributed by atoms with van der Waals surface area (Å²) in [5, 5.41) is 3.06. The number of aryl methyl sites for hydroxylation is 1. The van der Waals surface area contributed by atoms with Crippen molar-refractivity contribution < 1.29 is 4.79 Å². The second-order valence-corrected chi connectivity index (χ2v) is 5.01. The lowest BCUT2D eigenvalue weighted by atomic mass is 10.2. The van der Waals surface area contributed by atoms with E-state index in [1.54, 1.807) is 18.2 Å². The van der Waals surface area contributed by atoms with Crippen molar-refractivity contribution in [2.24, 2.45) is 0 Å². The summed E-state index contributed by atoms with van der Waals surface area (Å²) < 4.78 is 0.944. The van der Waals surface area contributed by atoms with Crippen LogP contribution in [0.25, 0.3) is 0 Å². The van der Waals surface area contributed by atoms with E-state index in [1.807, 2.05) is 25.1 Å². The monoisotopic (exact) mass is 324 g/mol. The van der Waals surface area contributed by atoms with Gasteiger partial charge in [0.1, 0.15) is 10.8 Å². The number of rotatable bonds is 2. The van der Waals surface area contributed by atoms with Crippen molar-refractivity contribution in [3.63, 3.8) is 0 Å². The van der Waals surface area contributed by atoms with E-state index in [0.717, 1.165) is 10.0 Å². The zero-order chi connectivity index (χ0) is 13.1. The first-order chi connectivity index (χ1) is 8.56. The molecule has 2 aromatic rings. The molecule has 0 aliphatic heterocycles. The smallest absolute Gasteiger partial charge is 0.274 e. The van der Waals surface area contributed by atoms with E-state index in [-0.39, 0.29) is 5.91 Å². The molecule has 5 heteroatoms. The van der Waals surface area contributed by atoms with Gasteiger partial charge in [-0.1, -0.05) is 39.7 Å². The number of hydrogen-bond donors (Lipinski definition) is 1. The Morgan fingerprint density at radius 1 is 1.33 bits per heavy atom. The molecule has 0 saturated carbocycles. The van der Waals surface area contributed by atoms with Crippen molar-refractivity contribution in [2.75, 3.05) is 5.32 Å². The van der Waals surface area contributed by atoms with Gasteiger partial charge in [-0.15, -0.1) is 0 Å². The largest absolute Gasteiger partial charge is 0.321 e. The van der Waals surface area contributed by atoms with Crippen LogP contribution in [0.15, 0.2) is 40.9 Å². The summed E-state index contributed by atoms with van der Waals surface area (Å²) in [7, 11) is 0. The molecule has 1 aromatic heterocycles. The third-order valence-corrected chi connectivity index (χ3v) is 3.44. The van der Waals surface area contributed by atoms with Gasteiger partial charge in [0.05, 0.1) is 0 Å². The molecule has 0 saturated heterocycles. The molecule has 0 radical (unpaired) electrons. The van der Waals surface area contributed by atoms with Gasteiger partial charge in [-0.3, -0.25) is 4.79 Å². The van der Waals surface area contributed by atoms with E-state index >= 15 is 0 Å². The summed E-state index contributed by atoms with van der Waals surface area (Å²) in [5.74, 6) is -0.284. The van der Waals surface area contributed by atoms with E-state index in [9.17, 15) is 4.79 Å². The Balaban J connectivity index is 2.18. The fourth-order valence-electron chi connectivity index (χ4n) is 1.40. The van der Waals surface area contributed by atoms with Gasteiger partial charge in [-0.25, -0.2) is 4.98 Å². The number of anilines is 1. The Morgan fingerprint density at radius 3 is 2.78 bits per heavy atom. The Labute approximate surface area is 118 Å². The molecule has 0 aliphatic carbocycles. The van der Waals surface area contributed by atoms with Gasteiger partial charge in [0.2, 0.25) is 0 Å². The molecule has 18 heavy (non-hydrogen) atoms. The van der Waals surface area contributed by atoms with Crippen LogP contribution in [0.5, 0.6) is 0 Å². The van der Waals surface area contributed by atoms with Gasteiger partial charge < -0.3 is 5.32 Å². The predicted octanol–water partition coefficient (Wildman–Crippen LogP) is 4.06. The van der Waals surface area contributed by atoms with Crippen molar-refractivity contribution in [2.45, 2.75) is 6.92 Å². The minimum Gasteiger partial charge on any atom is -0.321 e. The van der Waals surface area contributed by atoms with Crippen LogP contribution in [-0.4, -0.2) is 10.9 Å². The highest BCUT2D eigenvalue weighted by atomic mass is 79.9. The normalized spacial score (nSPS) is 10.2. The maximum atomic E-state index is 11.9. The van der Waals surface area contributed by atoms with Crippen molar-refractivity contribution in [1.29, 1.82) is 0 Å². The third-order valence-electron chi connectivity index (χ3n) is 2.38. The Bertz CT molecular complexity index is 601. The molecule has 0 bridgehead atoms. The van der Waals surface area contributed by atoms with E-state index in [1.165, 1.54) is 0 Å². The fraction of sp³-hybridized carbons (Fsp3) is 0.0769. The number of nitrogens with one attached hydrogen (secondary N) is 1. The van der Waals surface area contributed by atoms with Gasteiger partial charge in [-0.2, -0.15) is 0 Å². The maximum Gasteiger partial charge on any atom is 0.274 e. The van der Waals surface area contributed by atoms with Crippen molar-refractivity contribution in [1.82, 2.24) is 4.98 Å². The van der Waals surface area contributed by atoms with Gasteiger partial charge in [0.25, 0.3) is 5.91 Å². The van der Waals surface area contributed by atoms with Gasteiger partial charge in [0.15, 0.2) is 0 Å². The van der Waals surface area contributed by atoms with Crippen LogP contribution in [0, 0.1) is 6.92 Å². The number of aromatic nitrogens is 1. The lowest BCUT2D eigenvalue weighted by Gasteiger charge is -2.06. The van der Waals surface area contributed by atoms with E-state index in [4.69, 9.17) is 11.6 Å². The number of hydrogen-bond acceptors (Lipinski definition) is 2. The van der Waals surface area contributed by atoms with Gasteiger partial charge >= 0.3 is 0 Å². The number of pyridine rings is 1. The van der Waals surface area contributed by atoms with Crippen molar-refractivity contribution in [3.05, 3.63) is 57.3 Å². The molecule has 1 aromatic carbocycles. The van der Waals surface area contributed by atoms with Crippen LogP contribution < -0.4 is 5.32 Å². The number of halogens is 2. The molecule has 92 valence electrons. The van der Waals surface area contributed by atoms with Crippen LogP contribution in [-0.2, 0) is 0 Å². The molecule has 1 N–H and O–H groups in total. The van der Waals surface area contributed by atoms with Crippen LogP contribution >= 0.6 is 27.5 Å². The predicted molar refractivity (Wildman–Crippen MR) is 76.1 cm³/mol. The van der Waals surface area contributed by atoms with Crippen LogP contribution in [0.4, 0.5) is 5.69 Å². The minimum atomic E-state index is -0.284. The second-order valence-electron chi connectivity index (χ2n) is 3.76. The summed E-state index contributed by atoms with van der Waals surface area (Å²) in [6.45, 7) is 1.98. The molecule has 0 unspecified atom stereocenters. The van der Waals surface area contributed by atoms with E-state index in [0.29, 0.717) is 16.5 Å². The topological polar surface area (TPSA) is 42.0 Å². The number of amides is 1. The molecule has 1 heterocycles. The van der Waals surface area contributed by atoms with E-state index < -0.39 is 0 Å². The maximum absolute atomic E-state index is 11.9. The van der Waals surface area contributed by atoms with Gasteiger partial charge in [0, 0.05) is 10.2 Å². The fourth-order valence-corrected chi connectivity index (χ4v) is 1.94. The molecule has 3 nitrogen and oxygen atoms in total. The molecule has 2 rings (SSSR count). The minimum absolute atomic E-state index is 0.284. The Kier molecular flexibility index (Phi) is 3.99. The highest BCUT2D eigenvalue weighted by Gasteiger charge is 2.08. The molecule has 0 aliphatic rings. The quantitative estimate of drug-likeness (QED) is 0.846. The lowest BCUT2D eigenvalue weighted by Crippen LogP contribution is -2.13. The Hall–Kier alpha value is -1.39. The van der Waals surface area contributed by atoms with Crippen molar-refractivity contribution in [3.8, 4) is 0 Å². The Morgan fingerprint density at radius 2 is 2.11 bits per heavy atom. The molecule has 0 atom stereocenters. The van der Waals surface area contributed by atoms with Crippen molar-refractivity contribution >= 4 is 39.1 Å². The number of benzene rings is 1. The molecule has 1 amide bonds.